The molecule has 0 unspecified atom stereocenters. The average molecular weight is 433 g/mol. The van der Waals surface area contributed by atoms with Crippen LogP contribution in [0.25, 0.3) is 17.2 Å². The molecule has 0 atom stereocenters. The van der Waals surface area contributed by atoms with Crippen molar-refractivity contribution in [3.63, 3.8) is 0 Å². The molecule has 0 radical (unpaired) electrons. The van der Waals surface area contributed by atoms with Gasteiger partial charge in [0.2, 0.25) is 11.7 Å². The molecule has 0 saturated heterocycles. The molecule has 0 fully saturated rings. The predicted molar refractivity (Wildman–Crippen MR) is 121 cm³/mol. The van der Waals surface area contributed by atoms with E-state index in [4.69, 9.17) is 0 Å². The fourth-order valence-corrected chi connectivity index (χ4v) is 3.63. The third kappa shape index (κ3) is 4.30. The van der Waals surface area contributed by atoms with Crippen LogP contribution in [0.5, 0.6) is 0 Å². The fraction of sp³-hybridized carbons (Fsp3) is 0.250. The van der Waals surface area contributed by atoms with Crippen LogP contribution in [0.4, 0.5) is 10.1 Å². The van der Waals surface area contributed by atoms with E-state index in [-0.39, 0.29) is 23.8 Å². The predicted octanol–water partition coefficient (Wildman–Crippen LogP) is 3.99. The van der Waals surface area contributed by atoms with E-state index < -0.39 is 0 Å². The van der Waals surface area contributed by atoms with Crippen molar-refractivity contribution in [2.24, 2.45) is 0 Å². The lowest BCUT2D eigenvalue weighted by molar-refractivity contribution is -0.116. The molecule has 1 amide bonds. The summed E-state index contributed by atoms with van der Waals surface area (Å²) in [5.74, 6) is 0.0395. The molecule has 4 rings (SSSR count). The first kappa shape index (κ1) is 21.4. The summed E-state index contributed by atoms with van der Waals surface area (Å²) in [4.78, 5) is 30.5. The van der Waals surface area contributed by atoms with Crippen LogP contribution in [0.1, 0.15) is 31.0 Å². The number of nitrogens with one attached hydrogen (secondary N) is 1. The van der Waals surface area contributed by atoms with Gasteiger partial charge in [-0.15, -0.1) is 5.10 Å². The zero-order chi connectivity index (χ0) is 22.7. The zero-order valence-corrected chi connectivity index (χ0v) is 18.0. The van der Waals surface area contributed by atoms with Crippen LogP contribution in [0.2, 0.25) is 0 Å². The Hall–Kier alpha value is -3.81. The maximum atomic E-state index is 13.2. The lowest BCUT2D eigenvalue weighted by Gasteiger charge is -2.15. The van der Waals surface area contributed by atoms with Crippen LogP contribution in [0, 0.1) is 12.7 Å². The smallest absolute Gasteiger partial charge is 0.279 e. The van der Waals surface area contributed by atoms with E-state index in [2.05, 4.69) is 22.3 Å². The molecule has 0 saturated carbocycles. The molecule has 2 aromatic heterocycles. The minimum absolute atomic E-state index is 0.0565. The molecular weight excluding hydrogens is 409 g/mol. The minimum atomic E-state index is -0.376. The lowest BCUT2D eigenvalue weighted by Crippen LogP contribution is -2.29. The maximum absolute atomic E-state index is 13.2. The number of halogens is 1. The molecule has 32 heavy (non-hydrogen) atoms. The molecule has 1 N–H and O–H groups in total. The maximum Gasteiger partial charge on any atom is 0.279 e. The van der Waals surface area contributed by atoms with E-state index in [1.807, 2.05) is 37.3 Å². The largest absolute Gasteiger partial charge is 0.325 e. The summed E-state index contributed by atoms with van der Waals surface area (Å²) < 4.78 is 16.2. The number of rotatable bonds is 7. The molecule has 164 valence electrons. The Morgan fingerprint density at radius 1 is 1.09 bits per heavy atom. The Morgan fingerprint density at radius 3 is 2.50 bits per heavy atom. The van der Waals surface area contributed by atoms with Gasteiger partial charge in [-0.1, -0.05) is 43.7 Å². The number of fused-ring (bicyclic) bond motifs is 1. The molecule has 7 nitrogen and oxygen atoms in total. The van der Waals surface area contributed by atoms with E-state index >= 15 is 0 Å². The van der Waals surface area contributed by atoms with Gasteiger partial charge in [0.1, 0.15) is 12.4 Å². The highest BCUT2D eigenvalue weighted by molar-refractivity contribution is 5.90. The van der Waals surface area contributed by atoms with Crippen LogP contribution in [0.15, 0.2) is 59.4 Å². The molecule has 0 aliphatic rings. The van der Waals surface area contributed by atoms with Crippen molar-refractivity contribution in [1.29, 1.82) is 0 Å². The van der Waals surface area contributed by atoms with E-state index in [0.29, 0.717) is 35.0 Å². The Bertz CT molecular complexity index is 1310. The van der Waals surface area contributed by atoms with Gasteiger partial charge in [-0.3, -0.25) is 9.59 Å². The van der Waals surface area contributed by atoms with Gasteiger partial charge < -0.3 is 9.88 Å². The Labute approximate surface area is 184 Å². The quantitative estimate of drug-likeness (QED) is 0.478. The molecule has 2 aromatic carbocycles. The van der Waals surface area contributed by atoms with Crippen molar-refractivity contribution >= 4 is 17.4 Å². The number of hydrogen-bond donors (Lipinski definition) is 1. The van der Waals surface area contributed by atoms with Crippen molar-refractivity contribution in [3.05, 3.63) is 82.0 Å². The number of hydrogen-bond acceptors (Lipinski definition) is 4. The van der Waals surface area contributed by atoms with Crippen LogP contribution < -0.4 is 10.9 Å². The number of nitrogens with zero attached hydrogens (tertiary/aromatic N) is 4. The SMILES string of the molecule is CCCCc1c(C)n(CC(=O)Nc2ccc(F)cc2)c2nc(-c3ccccc3)nn2c1=O. The number of carbonyl (C=O) groups is 1. The van der Waals surface area contributed by atoms with Gasteiger partial charge in [-0.2, -0.15) is 9.50 Å². The summed E-state index contributed by atoms with van der Waals surface area (Å²) in [6.07, 6.45) is 2.38. The molecular formula is C24H24FN5O2. The highest BCUT2D eigenvalue weighted by Crippen LogP contribution is 2.18. The zero-order valence-electron chi connectivity index (χ0n) is 18.0. The highest BCUT2D eigenvalue weighted by Gasteiger charge is 2.20. The molecule has 0 bridgehead atoms. The second kappa shape index (κ2) is 9.13. The van der Waals surface area contributed by atoms with E-state index in [9.17, 15) is 14.0 Å². The van der Waals surface area contributed by atoms with E-state index in [1.54, 1.807) is 4.57 Å². The van der Waals surface area contributed by atoms with Crippen LogP contribution in [-0.2, 0) is 17.8 Å². The first-order valence-corrected chi connectivity index (χ1v) is 10.6. The second-order valence-electron chi connectivity index (χ2n) is 7.63. The van der Waals surface area contributed by atoms with Crippen LogP contribution in [-0.4, -0.2) is 25.1 Å². The van der Waals surface area contributed by atoms with E-state index in [0.717, 1.165) is 18.4 Å². The van der Waals surface area contributed by atoms with Crippen LogP contribution >= 0.6 is 0 Å². The van der Waals surface area contributed by atoms with Gasteiger partial charge in [0.25, 0.3) is 5.56 Å². The van der Waals surface area contributed by atoms with Gasteiger partial charge in [0, 0.05) is 22.5 Å². The lowest BCUT2D eigenvalue weighted by atomic mass is 10.1. The monoisotopic (exact) mass is 433 g/mol. The Morgan fingerprint density at radius 2 is 1.81 bits per heavy atom. The third-order valence-electron chi connectivity index (χ3n) is 5.37. The van der Waals surface area contributed by atoms with Crippen LogP contribution in [0.3, 0.4) is 0 Å². The summed E-state index contributed by atoms with van der Waals surface area (Å²) in [6, 6.07) is 15.0. The first-order chi connectivity index (χ1) is 15.5. The highest BCUT2D eigenvalue weighted by atomic mass is 19.1. The number of unbranched alkanes of at least 4 members (excludes halogenated alkanes) is 1. The number of benzene rings is 2. The number of amides is 1. The van der Waals surface area contributed by atoms with Gasteiger partial charge in [-0.05, 0) is 44.0 Å². The van der Waals surface area contributed by atoms with Crippen molar-refractivity contribution < 1.29 is 9.18 Å². The van der Waals surface area contributed by atoms with Crippen molar-refractivity contribution in [3.8, 4) is 11.4 Å². The summed E-state index contributed by atoms with van der Waals surface area (Å²) in [5.41, 5.74) is 2.38. The van der Waals surface area contributed by atoms with Crippen molar-refractivity contribution in [2.75, 3.05) is 5.32 Å². The number of aromatic nitrogens is 4. The summed E-state index contributed by atoms with van der Waals surface area (Å²) in [7, 11) is 0. The topological polar surface area (TPSA) is 81.3 Å². The Balaban J connectivity index is 1.78. The Kier molecular flexibility index (Phi) is 6.11. The normalized spacial score (nSPS) is 11.1. The summed E-state index contributed by atoms with van der Waals surface area (Å²) in [5, 5.41) is 7.22. The standard InChI is InChI=1S/C24H24FN5O2/c1-3-4-10-20-16(2)29(15-21(31)26-19-13-11-18(25)12-14-19)24-27-22(28-30(24)23(20)32)17-8-6-5-7-9-17/h5-9,11-14H,3-4,10,15H2,1-2H3,(H,26,31). The second-order valence-corrected chi connectivity index (χ2v) is 7.63. The number of carbonyl (C=O) groups excluding carboxylic acids is 1. The third-order valence-corrected chi connectivity index (χ3v) is 5.37. The van der Waals surface area contributed by atoms with Gasteiger partial charge >= 0.3 is 0 Å². The average Bonchev–Trinajstić information content (AvgIpc) is 3.25. The molecule has 8 heteroatoms. The number of anilines is 1. The molecule has 0 aliphatic heterocycles. The fourth-order valence-electron chi connectivity index (χ4n) is 3.63. The van der Waals surface area contributed by atoms with Gasteiger partial charge in [0.05, 0.1) is 0 Å². The van der Waals surface area contributed by atoms with E-state index in [1.165, 1.54) is 28.8 Å². The van der Waals surface area contributed by atoms with Crippen molar-refractivity contribution in [1.82, 2.24) is 19.2 Å². The molecule has 0 spiro atoms. The van der Waals surface area contributed by atoms with Crippen molar-refractivity contribution in [2.45, 2.75) is 39.7 Å². The molecule has 4 aromatic rings. The van der Waals surface area contributed by atoms with Gasteiger partial charge in [-0.25, -0.2) is 4.39 Å². The molecule has 0 aliphatic carbocycles. The minimum Gasteiger partial charge on any atom is -0.325 e. The van der Waals surface area contributed by atoms with Gasteiger partial charge in [0.15, 0.2) is 5.82 Å². The summed E-state index contributed by atoms with van der Waals surface area (Å²) in [6.45, 7) is 3.83. The first-order valence-electron chi connectivity index (χ1n) is 10.6. The summed E-state index contributed by atoms with van der Waals surface area (Å²) >= 11 is 0. The molecule has 2 heterocycles.